The lowest BCUT2D eigenvalue weighted by Gasteiger charge is -2.33. The quantitative estimate of drug-likeness (QED) is 0.551. The Bertz CT molecular complexity index is 196. The molecule has 1 heterocycles. The number of rotatable bonds is 5. The predicted octanol–water partition coefficient (Wildman–Crippen LogP) is 3.83. The minimum atomic E-state index is -4.01. The summed E-state index contributed by atoms with van der Waals surface area (Å²) in [5, 5.41) is 0.984. The van der Waals surface area contributed by atoms with Crippen molar-refractivity contribution >= 4 is 15.9 Å². The Morgan fingerprint density at radius 1 is 1.19 bits per heavy atom. The molecule has 1 saturated heterocycles. The molecule has 0 aromatic rings. The highest BCUT2D eigenvalue weighted by Crippen LogP contribution is 2.33. The first-order valence-corrected chi connectivity index (χ1v) is 7.01. The van der Waals surface area contributed by atoms with E-state index in [2.05, 4.69) is 15.9 Å². The number of hydrogen-bond acceptors (Lipinski definition) is 1. The third kappa shape index (κ3) is 5.04. The van der Waals surface area contributed by atoms with Gasteiger partial charge >= 0.3 is 6.18 Å². The molecule has 0 aromatic heterocycles. The first kappa shape index (κ1) is 14.3. The summed E-state index contributed by atoms with van der Waals surface area (Å²) in [6.07, 6.45) is 0.198. The van der Waals surface area contributed by atoms with Gasteiger partial charge in [-0.3, -0.25) is 0 Å². The molecule has 0 aromatic carbocycles. The molecule has 1 unspecified atom stereocenters. The molecule has 0 amide bonds. The van der Waals surface area contributed by atoms with Crippen LogP contribution in [0, 0.1) is 5.92 Å². The Balaban J connectivity index is 2.23. The van der Waals surface area contributed by atoms with Gasteiger partial charge < -0.3 is 4.90 Å². The average Bonchev–Trinajstić information content (AvgIpc) is 2.24. The van der Waals surface area contributed by atoms with Gasteiger partial charge in [-0.15, -0.1) is 0 Å². The molecule has 1 fully saturated rings. The van der Waals surface area contributed by atoms with E-state index in [4.69, 9.17) is 0 Å². The van der Waals surface area contributed by atoms with Gasteiger partial charge in [-0.1, -0.05) is 22.4 Å². The van der Waals surface area contributed by atoms with Crippen molar-refractivity contribution in [3.05, 3.63) is 0 Å². The largest absolute Gasteiger partial charge is 0.393 e. The first-order chi connectivity index (χ1) is 7.54. The fourth-order valence-corrected chi connectivity index (χ4v) is 2.53. The Kier molecular flexibility index (Phi) is 6.11. The topological polar surface area (TPSA) is 3.24 Å². The van der Waals surface area contributed by atoms with Crippen LogP contribution in [0.25, 0.3) is 0 Å². The predicted molar refractivity (Wildman–Crippen MR) is 62.9 cm³/mol. The van der Waals surface area contributed by atoms with Crippen LogP contribution in [0.5, 0.6) is 0 Å². The molecule has 16 heavy (non-hydrogen) atoms. The van der Waals surface area contributed by atoms with Crippen LogP contribution in [0.1, 0.15) is 32.1 Å². The number of piperidine rings is 1. The molecule has 1 rings (SSSR count). The minimum absolute atomic E-state index is 0.206. The van der Waals surface area contributed by atoms with E-state index in [9.17, 15) is 13.2 Å². The van der Waals surface area contributed by atoms with Crippen LogP contribution >= 0.6 is 15.9 Å². The van der Waals surface area contributed by atoms with Crippen LogP contribution in [0.15, 0.2) is 0 Å². The fourth-order valence-electron chi connectivity index (χ4n) is 2.13. The second-order valence-electron chi connectivity index (χ2n) is 4.43. The van der Waals surface area contributed by atoms with Crippen LogP contribution in [0.3, 0.4) is 0 Å². The Morgan fingerprint density at radius 2 is 1.94 bits per heavy atom. The summed E-state index contributed by atoms with van der Waals surface area (Å²) in [5.41, 5.74) is 0. The Labute approximate surface area is 104 Å². The van der Waals surface area contributed by atoms with E-state index < -0.39 is 12.1 Å². The fraction of sp³-hybridized carbons (Fsp3) is 1.00. The highest BCUT2D eigenvalue weighted by molar-refractivity contribution is 9.09. The average molecular weight is 302 g/mol. The molecular formula is C11H19BrF3N. The molecule has 0 spiro atoms. The van der Waals surface area contributed by atoms with E-state index in [1.54, 1.807) is 0 Å². The summed E-state index contributed by atoms with van der Waals surface area (Å²) in [5.74, 6) is -1.10. The summed E-state index contributed by atoms with van der Waals surface area (Å²) in [6, 6.07) is 0. The van der Waals surface area contributed by atoms with Crippen molar-refractivity contribution in [3.8, 4) is 0 Å². The van der Waals surface area contributed by atoms with E-state index >= 15 is 0 Å². The smallest absolute Gasteiger partial charge is 0.303 e. The minimum Gasteiger partial charge on any atom is -0.303 e. The highest BCUT2D eigenvalue weighted by atomic mass is 79.9. The molecule has 1 nitrogen and oxygen atoms in total. The van der Waals surface area contributed by atoms with Crippen molar-refractivity contribution in [2.24, 2.45) is 5.92 Å². The van der Waals surface area contributed by atoms with Gasteiger partial charge in [0.25, 0.3) is 0 Å². The van der Waals surface area contributed by atoms with Crippen molar-refractivity contribution in [2.45, 2.75) is 38.3 Å². The molecule has 0 aliphatic carbocycles. The zero-order chi connectivity index (χ0) is 12.0. The van der Waals surface area contributed by atoms with Crippen LogP contribution in [-0.2, 0) is 0 Å². The van der Waals surface area contributed by atoms with Crippen molar-refractivity contribution in [1.82, 2.24) is 4.90 Å². The molecule has 1 atom stereocenters. The molecule has 0 saturated carbocycles. The molecule has 1 aliphatic heterocycles. The maximum Gasteiger partial charge on any atom is 0.393 e. The van der Waals surface area contributed by atoms with E-state index in [0.717, 1.165) is 37.7 Å². The van der Waals surface area contributed by atoms with Gasteiger partial charge in [-0.05, 0) is 38.8 Å². The normalized spacial score (nSPS) is 23.6. The maximum atomic E-state index is 12.5. The summed E-state index contributed by atoms with van der Waals surface area (Å²) in [7, 11) is 0. The lowest BCUT2D eigenvalue weighted by Crippen LogP contribution is -2.42. The Morgan fingerprint density at radius 3 is 2.56 bits per heavy atom. The molecule has 0 bridgehead atoms. The van der Waals surface area contributed by atoms with E-state index in [1.165, 1.54) is 0 Å². The molecule has 0 radical (unpaired) electrons. The van der Waals surface area contributed by atoms with Crippen molar-refractivity contribution < 1.29 is 13.2 Å². The van der Waals surface area contributed by atoms with Crippen LogP contribution in [0.2, 0.25) is 0 Å². The zero-order valence-electron chi connectivity index (χ0n) is 9.40. The molecular weight excluding hydrogens is 283 g/mol. The lowest BCUT2D eigenvalue weighted by molar-refractivity contribution is -0.186. The van der Waals surface area contributed by atoms with E-state index in [-0.39, 0.29) is 6.54 Å². The lowest BCUT2D eigenvalue weighted by atomic mass is 9.97. The first-order valence-electron chi connectivity index (χ1n) is 5.89. The molecule has 0 N–H and O–H groups in total. The second-order valence-corrected chi connectivity index (χ2v) is 5.22. The third-order valence-electron chi connectivity index (χ3n) is 3.08. The van der Waals surface area contributed by atoms with Crippen molar-refractivity contribution in [2.75, 3.05) is 25.0 Å². The SMILES string of the molecule is FC(F)(F)C1CCCN(CCCCCBr)C1. The summed E-state index contributed by atoms with van der Waals surface area (Å²) in [6.45, 7) is 1.86. The van der Waals surface area contributed by atoms with Gasteiger partial charge in [0.2, 0.25) is 0 Å². The number of halogens is 4. The van der Waals surface area contributed by atoms with Gasteiger partial charge in [-0.25, -0.2) is 0 Å². The summed E-state index contributed by atoms with van der Waals surface area (Å²) >= 11 is 3.35. The number of likely N-dealkylation sites (tertiary alicyclic amines) is 1. The van der Waals surface area contributed by atoms with Gasteiger partial charge in [0, 0.05) is 11.9 Å². The van der Waals surface area contributed by atoms with Gasteiger partial charge in [0.1, 0.15) is 0 Å². The van der Waals surface area contributed by atoms with Gasteiger partial charge in [-0.2, -0.15) is 13.2 Å². The molecule has 5 heteroatoms. The zero-order valence-corrected chi connectivity index (χ0v) is 11.0. The maximum absolute atomic E-state index is 12.5. The number of alkyl halides is 4. The number of unbranched alkanes of at least 4 members (excludes halogenated alkanes) is 2. The molecule has 96 valence electrons. The van der Waals surface area contributed by atoms with Crippen LogP contribution < -0.4 is 0 Å². The number of nitrogens with zero attached hydrogens (tertiary/aromatic N) is 1. The highest BCUT2D eigenvalue weighted by Gasteiger charge is 2.41. The summed E-state index contributed by atoms with van der Waals surface area (Å²) < 4.78 is 37.6. The van der Waals surface area contributed by atoms with Gasteiger partial charge in [0.05, 0.1) is 5.92 Å². The van der Waals surface area contributed by atoms with E-state index in [1.807, 2.05) is 4.90 Å². The standard InChI is InChI=1S/C11H19BrF3N/c12-6-2-1-3-7-16-8-4-5-10(9-16)11(13,14)15/h10H,1-9H2. The summed E-state index contributed by atoms with van der Waals surface area (Å²) in [4.78, 5) is 1.97. The number of hydrogen-bond donors (Lipinski definition) is 0. The third-order valence-corrected chi connectivity index (χ3v) is 3.64. The molecule has 1 aliphatic rings. The monoisotopic (exact) mass is 301 g/mol. The van der Waals surface area contributed by atoms with E-state index in [0.29, 0.717) is 12.8 Å². The van der Waals surface area contributed by atoms with Gasteiger partial charge in [0.15, 0.2) is 0 Å². The van der Waals surface area contributed by atoms with Crippen molar-refractivity contribution in [3.63, 3.8) is 0 Å². The second kappa shape index (κ2) is 6.84. The van der Waals surface area contributed by atoms with Crippen LogP contribution in [0.4, 0.5) is 13.2 Å². The van der Waals surface area contributed by atoms with Crippen LogP contribution in [-0.4, -0.2) is 36.0 Å². The Hall–Kier alpha value is 0.230. The van der Waals surface area contributed by atoms with Crippen molar-refractivity contribution in [1.29, 1.82) is 0 Å².